The maximum atomic E-state index is 13.4. The maximum absolute atomic E-state index is 13.4. The summed E-state index contributed by atoms with van der Waals surface area (Å²) in [5, 5.41) is -0.329. The zero-order valence-electron chi connectivity index (χ0n) is 22.5. The van der Waals surface area contributed by atoms with Gasteiger partial charge < -0.3 is 15.5 Å². The third-order valence-corrected chi connectivity index (χ3v) is 8.01. The summed E-state index contributed by atoms with van der Waals surface area (Å²) in [5.74, 6) is 0.882. The highest BCUT2D eigenvalue weighted by Gasteiger charge is 2.39. The lowest BCUT2D eigenvalue weighted by atomic mass is 9.97. The Labute approximate surface area is 224 Å². The van der Waals surface area contributed by atoms with E-state index in [-0.39, 0.29) is 21.9 Å². The summed E-state index contributed by atoms with van der Waals surface area (Å²) >= 11 is 0. The highest BCUT2D eigenvalue weighted by molar-refractivity contribution is 7.90. The van der Waals surface area contributed by atoms with Crippen LogP contribution in [0.15, 0.2) is 53.6 Å². The number of nitrogen functional groups attached to an aromatic ring is 1. The molecule has 4 rings (SSSR count). The van der Waals surface area contributed by atoms with Crippen molar-refractivity contribution in [2.45, 2.75) is 51.6 Å². The van der Waals surface area contributed by atoms with Crippen LogP contribution in [0.3, 0.4) is 0 Å². The van der Waals surface area contributed by atoms with Crippen molar-refractivity contribution in [3.63, 3.8) is 0 Å². The van der Waals surface area contributed by atoms with Gasteiger partial charge in [-0.2, -0.15) is 8.42 Å². The van der Waals surface area contributed by atoms with Gasteiger partial charge >= 0.3 is 0 Å². The minimum atomic E-state index is -4.25. The van der Waals surface area contributed by atoms with Gasteiger partial charge in [0.15, 0.2) is 5.03 Å². The lowest BCUT2D eigenvalue weighted by Gasteiger charge is -2.34. The summed E-state index contributed by atoms with van der Waals surface area (Å²) in [6.45, 7) is 12.8. The van der Waals surface area contributed by atoms with Crippen LogP contribution in [0.4, 0.5) is 17.5 Å². The van der Waals surface area contributed by atoms with Gasteiger partial charge in [0.25, 0.3) is 15.9 Å². The lowest BCUT2D eigenvalue weighted by Crippen LogP contribution is -2.41. The molecule has 1 fully saturated rings. The van der Waals surface area contributed by atoms with Gasteiger partial charge in [-0.05, 0) is 76.4 Å². The quantitative estimate of drug-likeness (QED) is 0.441. The Kier molecular flexibility index (Phi) is 7.59. The van der Waals surface area contributed by atoms with Crippen LogP contribution in [0.1, 0.15) is 51.4 Å². The minimum absolute atomic E-state index is 0.0410. The number of nitrogens with one attached hydrogen (secondary N) is 1. The highest BCUT2D eigenvalue weighted by atomic mass is 32.2. The number of anilines is 3. The van der Waals surface area contributed by atoms with Crippen molar-refractivity contribution in [1.82, 2.24) is 19.7 Å². The second kappa shape index (κ2) is 10.6. The first-order valence-corrected chi connectivity index (χ1v) is 14.2. The maximum Gasteiger partial charge on any atom is 0.281 e. The van der Waals surface area contributed by atoms with Crippen molar-refractivity contribution in [2.75, 3.05) is 35.2 Å². The predicted molar refractivity (Wildman–Crippen MR) is 150 cm³/mol. The highest BCUT2D eigenvalue weighted by Crippen LogP contribution is 2.38. The molecule has 3 aromatic rings. The van der Waals surface area contributed by atoms with Crippen molar-refractivity contribution in [3.05, 3.63) is 54.1 Å². The van der Waals surface area contributed by atoms with Gasteiger partial charge in [0.05, 0.1) is 17.0 Å². The topological polar surface area (TPSA) is 134 Å². The molecule has 38 heavy (non-hydrogen) atoms. The Balaban J connectivity index is 1.77. The van der Waals surface area contributed by atoms with Gasteiger partial charge in [0, 0.05) is 25.2 Å². The van der Waals surface area contributed by atoms with Crippen LogP contribution in [0, 0.1) is 5.92 Å². The smallest absolute Gasteiger partial charge is 0.281 e. The first-order valence-electron chi connectivity index (χ1n) is 12.8. The molecule has 1 atom stereocenters. The van der Waals surface area contributed by atoms with Crippen LogP contribution in [0.5, 0.6) is 0 Å². The molecule has 0 radical (unpaired) electrons. The van der Waals surface area contributed by atoms with E-state index < -0.39 is 15.9 Å². The molecular weight excluding hydrogens is 502 g/mol. The van der Waals surface area contributed by atoms with Crippen LogP contribution in [0.2, 0.25) is 0 Å². The first kappa shape index (κ1) is 27.3. The average Bonchev–Trinajstić information content (AvgIpc) is 3.16. The number of nitrogens with two attached hydrogens (primary N) is 1. The normalized spacial score (nSPS) is 16.9. The van der Waals surface area contributed by atoms with E-state index >= 15 is 0 Å². The summed E-state index contributed by atoms with van der Waals surface area (Å²) in [5.41, 5.74) is 6.79. The van der Waals surface area contributed by atoms with Gasteiger partial charge in [0.2, 0.25) is 0 Å². The number of hydrogen-bond donors (Lipinski definition) is 2. The van der Waals surface area contributed by atoms with Crippen LogP contribution >= 0.6 is 0 Å². The van der Waals surface area contributed by atoms with E-state index in [1.54, 1.807) is 12.1 Å². The van der Waals surface area contributed by atoms with E-state index in [0.29, 0.717) is 29.7 Å². The molecule has 1 unspecified atom stereocenters. The summed E-state index contributed by atoms with van der Waals surface area (Å²) < 4.78 is 28.0. The van der Waals surface area contributed by atoms with Gasteiger partial charge in [-0.3, -0.25) is 4.79 Å². The molecule has 1 amide bonds. The largest absolute Gasteiger partial charge is 0.384 e. The lowest BCUT2D eigenvalue weighted by molar-refractivity contribution is 0.0981. The van der Waals surface area contributed by atoms with E-state index in [9.17, 15) is 13.2 Å². The number of nitrogens with zero attached hydrogens (tertiary/aromatic N) is 5. The van der Waals surface area contributed by atoms with Gasteiger partial charge in [-0.15, -0.1) is 0 Å². The number of hydrogen-bond acceptors (Lipinski definition) is 9. The van der Waals surface area contributed by atoms with E-state index in [0.717, 1.165) is 25.3 Å². The molecule has 202 valence electrons. The molecule has 3 aromatic heterocycles. The standard InChI is InChI=1S/C27H35N7O3S/c1-6-33(7-2)23-12-8-10-20(29-23)21-15-14-19(25(30-21)34-17-18(3)16-27(34,4)5)26(35)32-38(36,37)24-13-9-11-22(28)31-24/h8-15,18H,6-7,16-17H2,1-5H3,(H2,28,31)(H,32,35). The van der Waals surface area contributed by atoms with Gasteiger partial charge in [0.1, 0.15) is 17.5 Å². The number of aromatic nitrogens is 3. The molecule has 1 aliphatic rings. The molecule has 10 nitrogen and oxygen atoms in total. The molecule has 0 aromatic carbocycles. The molecule has 0 saturated carbocycles. The van der Waals surface area contributed by atoms with Gasteiger partial charge in [-0.1, -0.05) is 19.1 Å². The Morgan fingerprint density at radius 1 is 1.05 bits per heavy atom. The second-order valence-electron chi connectivity index (χ2n) is 10.2. The van der Waals surface area contributed by atoms with Crippen LogP contribution in [-0.2, 0) is 10.0 Å². The van der Waals surface area contributed by atoms with Crippen LogP contribution < -0.4 is 20.3 Å². The Hall–Kier alpha value is -3.73. The number of pyridine rings is 3. The molecule has 0 spiro atoms. The van der Waals surface area contributed by atoms with E-state index in [2.05, 4.69) is 54.1 Å². The number of carbonyl (C=O) groups excluding carboxylic acids is 1. The third-order valence-electron chi connectivity index (χ3n) is 6.78. The van der Waals surface area contributed by atoms with E-state index in [1.807, 2.05) is 18.2 Å². The molecule has 0 bridgehead atoms. The van der Waals surface area contributed by atoms with E-state index in [4.69, 9.17) is 15.7 Å². The number of sulfonamides is 1. The molecule has 3 N–H and O–H groups in total. The molecule has 0 aliphatic carbocycles. The van der Waals surface area contributed by atoms with E-state index in [1.165, 1.54) is 18.2 Å². The van der Waals surface area contributed by atoms with Crippen molar-refractivity contribution < 1.29 is 13.2 Å². The minimum Gasteiger partial charge on any atom is -0.384 e. The number of rotatable bonds is 8. The summed E-state index contributed by atoms with van der Waals surface area (Å²) in [6, 6.07) is 13.3. The second-order valence-corrected chi connectivity index (χ2v) is 11.8. The van der Waals surface area contributed by atoms with Crippen molar-refractivity contribution in [1.29, 1.82) is 0 Å². The van der Waals surface area contributed by atoms with Gasteiger partial charge in [-0.25, -0.2) is 19.7 Å². The Morgan fingerprint density at radius 3 is 2.37 bits per heavy atom. The zero-order valence-corrected chi connectivity index (χ0v) is 23.3. The molecule has 11 heteroatoms. The SMILES string of the molecule is CCN(CC)c1cccc(-c2ccc(C(=O)NS(=O)(=O)c3cccc(N)n3)c(N3CC(C)CC3(C)C)n2)n1. The van der Waals surface area contributed by atoms with Crippen molar-refractivity contribution >= 4 is 33.4 Å². The number of amides is 1. The monoisotopic (exact) mass is 537 g/mol. The fraction of sp³-hybridized carbons (Fsp3) is 0.407. The molecular formula is C27H35N7O3S. The summed E-state index contributed by atoms with van der Waals surface area (Å²) in [6.07, 6.45) is 0.904. The number of carbonyl (C=O) groups is 1. The Bertz CT molecular complexity index is 1440. The molecule has 1 aliphatic heterocycles. The first-order chi connectivity index (χ1) is 17.9. The average molecular weight is 538 g/mol. The fourth-order valence-electron chi connectivity index (χ4n) is 5.03. The molecule has 1 saturated heterocycles. The third kappa shape index (κ3) is 5.57. The fourth-order valence-corrected chi connectivity index (χ4v) is 5.97. The summed E-state index contributed by atoms with van der Waals surface area (Å²) in [7, 11) is -4.25. The Morgan fingerprint density at radius 2 is 1.74 bits per heavy atom. The summed E-state index contributed by atoms with van der Waals surface area (Å²) in [4.78, 5) is 31.2. The van der Waals surface area contributed by atoms with Crippen molar-refractivity contribution in [2.24, 2.45) is 5.92 Å². The zero-order chi connectivity index (χ0) is 27.7. The van der Waals surface area contributed by atoms with Crippen LogP contribution in [-0.4, -0.2) is 54.5 Å². The predicted octanol–water partition coefficient (Wildman–Crippen LogP) is 3.71. The van der Waals surface area contributed by atoms with Crippen LogP contribution in [0.25, 0.3) is 11.4 Å². The van der Waals surface area contributed by atoms with Crippen molar-refractivity contribution in [3.8, 4) is 11.4 Å². The molecule has 4 heterocycles.